The van der Waals surface area contributed by atoms with E-state index in [9.17, 15) is 35.8 Å². The van der Waals surface area contributed by atoms with Gasteiger partial charge in [-0.2, -0.15) is 22.0 Å². The molecule has 0 spiro atoms. The molecule has 0 bridgehead atoms. The van der Waals surface area contributed by atoms with Gasteiger partial charge in [-0.15, -0.1) is 0 Å². The Morgan fingerprint density at radius 2 is 1.84 bits per heavy atom. The summed E-state index contributed by atoms with van der Waals surface area (Å²) < 4.78 is 87.4. The van der Waals surface area contributed by atoms with Gasteiger partial charge in [-0.3, -0.25) is 9.00 Å². The minimum atomic E-state index is -5.60. The lowest BCUT2D eigenvalue weighted by atomic mass is 9.52. The summed E-state index contributed by atoms with van der Waals surface area (Å²) in [4.78, 5) is 27.3. The number of ether oxygens (including phenoxy) is 2. The lowest BCUT2D eigenvalue weighted by Gasteiger charge is -2.51. The van der Waals surface area contributed by atoms with Crippen LogP contribution in [0.2, 0.25) is 0 Å². The van der Waals surface area contributed by atoms with Crippen molar-refractivity contribution in [3.63, 3.8) is 0 Å². The van der Waals surface area contributed by atoms with Crippen molar-refractivity contribution in [2.24, 2.45) is 23.2 Å². The molecule has 0 N–H and O–H groups in total. The highest BCUT2D eigenvalue weighted by Crippen LogP contribution is 2.61. The topological polar surface area (TPSA) is 72.9 Å². The Morgan fingerprint density at radius 3 is 2.56 bits per heavy atom. The smallest absolute Gasteiger partial charge is 0.410 e. The third-order valence-corrected chi connectivity index (χ3v) is 11.8. The van der Waals surface area contributed by atoms with E-state index in [2.05, 4.69) is 13.0 Å². The second-order valence-corrected chi connectivity index (χ2v) is 14.5. The largest absolute Gasteiger partial charge is 0.453 e. The summed E-state index contributed by atoms with van der Waals surface area (Å²) in [5, 5.41) is 0. The van der Waals surface area contributed by atoms with Crippen LogP contribution in [-0.2, 0) is 26.8 Å². The Labute approximate surface area is 251 Å². The van der Waals surface area contributed by atoms with E-state index < -0.39 is 41.8 Å². The SMILES string of the molecule is C[C@]12CC[C@@H]3c4ccc(OC(=O)N5CCOCC5)cc4C[C@@H](CCCS(=O)CCCC(F)(F)C(F)(F)F)[C@H]3[C@@H]1CCC2=O. The van der Waals surface area contributed by atoms with Crippen molar-refractivity contribution >= 4 is 22.7 Å². The number of alkyl halides is 5. The van der Waals surface area contributed by atoms with E-state index >= 15 is 0 Å². The van der Waals surface area contributed by atoms with Crippen LogP contribution in [0.3, 0.4) is 0 Å². The first-order chi connectivity index (χ1) is 20.3. The first-order valence-electron chi connectivity index (χ1n) is 15.3. The van der Waals surface area contributed by atoms with Crippen LogP contribution in [0.25, 0.3) is 0 Å². The molecule has 1 aromatic carbocycles. The number of ketones is 1. The molecule has 1 saturated heterocycles. The quantitative estimate of drug-likeness (QED) is 0.284. The van der Waals surface area contributed by atoms with E-state index in [4.69, 9.17) is 9.47 Å². The van der Waals surface area contributed by atoms with Gasteiger partial charge in [0.1, 0.15) is 11.5 Å². The van der Waals surface area contributed by atoms with Crippen LogP contribution in [0.5, 0.6) is 5.75 Å². The molecule has 0 radical (unpaired) electrons. The maximum absolute atomic E-state index is 13.2. The normalized spacial score (nSPS) is 29.9. The maximum atomic E-state index is 13.2. The van der Waals surface area contributed by atoms with Gasteiger partial charge in [0, 0.05) is 53.7 Å². The van der Waals surface area contributed by atoms with Crippen molar-refractivity contribution in [2.45, 2.75) is 82.7 Å². The van der Waals surface area contributed by atoms with Gasteiger partial charge in [-0.05, 0) is 91.9 Å². The number of fused-ring (bicyclic) bond motifs is 5. The molecule has 6 nitrogen and oxygen atoms in total. The second-order valence-electron chi connectivity index (χ2n) is 12.8. The minimum Gasteiger partial charge on any atom is -0.410 e. The molecule has 1 aromatic rings. The number of carbonyl (C=O) groups excluding carboxylic acids is 2. The fourth-order valence-corrected chi connectivity index (χ4v) is 9.16. The summed E-state index contributed by atoms with van der Waals surface area (Å²) >= 11 is 0. The first-order valence-corrected chi connectivity index (χ1v) is 16.8. The lowest BCUT2D eigenvalue weighted by molar-refractivity contribution is -0.284. The molecule has 2 saturated carbocycles. The maximum Gasteiger partial charge on any atom is 0.453 e. The fraction of sp³-hybridized carbons (Fsp3) is 0.742. The number of amides is 1. The Balaban J connectivity index is 1.26. The van der Waals surface area contributed by atoms with E-state index in [1.807, 2.05) is 12.1 Å². The van der Waals surface area contributed by atoms with E-state index in [-0.39, 0.29) is 40.6 Å². The number of rotatable bonds is 9. The molecule has 0 aromatic heterocycles. The molecule has 3 aliphatic carbocycles. The molecule has 5 rings (SSSR count). The molecule has 1 heterocycles. The van der Waals surface area contributed by atoms with Crippen molar-refractivity contribution in [2.75, 3.05) is 37.8 Å². The molecule has 3 fully saturated rings. The van der Waals surface area contributed by atoms with Crippen molar-refractivity contribution in [3.8, 4) is 5.75 Å². The molecule has 1 aliphatic heterocycles. The second kappa shape index (κ2) is 12.7. The van der Waals surface area contributed by atoms with E-state index in [1.165, 1.54) is 5.56 Å². The molecular weight excluding hydrogens is 593 g/mol. The van der Waals surface area contributed by atoms with Gasteiger partial charge in [0.05, 0.1) is 13.2 Å². The summed E-state index contributed by atoms with van der Waals surface area (Å²) in [5.74, 6) is -3.01. The first kappa shape index (κ1) is 32.3. The molecule has 4 aliphatic rings. The van der Waals surface area contributed by atoms with Gasteiger partial charge in [0.2, 0.25) is 0 Å². The van der Waals surface area contributed by atoms with Gasteiger partial charge in [0.25, 0.3) is 0 Å². The van der Waals surface area contributed by atoms with Crippen LogP contribution in [0.4, 0.5) is 26.7 Å². The van der Waals surface area contributed by atoms with Gasteiger partial charge >= 0.3 is 18.2 Å². The third-order valence-electron chi connectivity index (χ3n) is 10.3. The predicted molar refractivity (Wildman–Crippen MR) is 151 cm³/mol. The van der Waals surface area contributed by atoms with Crippen molar-refractivity contribution in [3.05, 3.63) is 29.3 Å². The number of carbonyl (C=O) groups is 2. The number of hydrogen-bond acceptors (Lipinski definition) is 5. The molecule has 240 valence electrons. The van der Waals surface area contributed by atoms with Crippen LogP contribution >= 0.6 is 0 Å². The summed E-state index contributed by atoms with van der Waals surface area (Å²) in [6.07, 6.45) is -2.75. The van der Waals surface area contributed by atoms with Crippen molar-refractivity contribution < 1.29 is 45.2 Å². The average Bonchev–Trinajstić information content (AvgIpc) is 3.26. The van der Waals surface area contributed by atoms with Gasteiger partial charge in [-0.25, -0.2) is 4.79 Å². The number of Topliss-reactive ketones (excluding diaryl/α,β-unsaturated/α-hetero) is 1. The highest BCUT2D eigenvalue weighted by Gasteiger charge is 2.57. The molecular formula is C31H40F5NO5S. The van der Waals surface area contributed by atoms with Crippen LogP contribution < -0.4 is 4.74 Å². The summed E-state index contributed by atoms with van der Waals surface area (Å²) in [7, 11) is -1.50. The summed E-state index contributed by atoms with van der Waals surface area (Å²) in [6, 6.07) is 5.83. The van der Waals surface area contributed by atoms with Gasteiger partial charge in [-0.1, -0.05) is 13.0 Å². The Bertz CT molecular complexity index is 1220. The number of hydrogen-bond donors (Lipinski definition) is 0. The number of nitrogens with zero attached hydrogens (tertiary/aromatic N) is 1. The van der Waals surface area contributed by atoms with Crippen LogP contribution in [0, 0.1) is 23.2 Å². The van der Waals surface area contributed by atoms with Crippen LogP contribution in [0.1, 0.15) is 75.3 Å². The number of halogens is 5. The Morgan fingerprint density at radius 1 is 1.12 bits per heavy atom. The number of benzene rings is 1. The van der Waals surface area contributed by atoms with Crippen LogP contribution in [0.15, 0.2) is 18.2 Å². The molecule has 12 heteroatoms. The Kier molecular flexibility index (Phi) is 9.57. The van der Waals surface area contributed by atoms with Crippen molar-refractivity contribution in [1.82, 2.24) is 4.90 Å². The van der Waals surface area contributed by atoms with Gasteiger partial charge < -0.3 is 14.4 Å². The van der Waals surface area contributed by atoms with Gasteiger partial charge in [0.15, 0.2) is 0 Å². The summed E-state index contributed by atoms with van der Waals surface area (Å²) in [6.45, 7) is 3.98. The highest BCUT2D eigenvalue weighted by atomic mass is 32.2. The predicted octanol–water partition coefficient (Wildman–Crippen LogP) is 6.68. The van der Waals surface area contributed by atoms with Crippen LogP contribution in [-0.4, -0.2) is 70.9 Å². The monoisotopic (exact) mass is 633 g/mol. The zero-order chi connectivity index (χ0) is 31.0. The Hall–Kier alpha value is -2.08. The molecule has 1 amide bonds. The average molecular weight is 634 g/mol. The molecule has 1 unspecified atom stereocenters. The van der Waals surface area contributed by atoms with E-state index in [0.717, 1.165) is 24.8 Å². The number of morpholine rings is 1. The van der Waals surface area contributed by atoms with E-state index in [0.29, 0.717) is 63.5 Å². The minimum absolute atomic E-state index is 0.185. The van der Waals surface area contributed by atoms with Crippen molar-refractivity contribution in [1.29, 1.82) is 0 Å². The zero-order valence-corrected chi connectivity index (χ0v) is 25.3. The zero-order valence-electron chi connectivity index (χ0n) is 24.4. The lowest BCUT2D eigenvalue weighted by Crippen LogP contribution is -2.46. The molecule has 43 heavy (non-hydrogen) atoms. The fourth-order valence-electron chi connectivity index (χ4n) is 8.00. The highest BCUT2D eigenvalue weighted by molar-refractivity contribution is 7.84. The standard InChI is InChI=1S/C31H40F5NO5S/c1-29-11-9-24-23-6-5-22(42-28(39)37-12-14-41-15-13-37)19-21(23)18-20(27(24)25(29)7-8-26(29)38)4-2-16-43(40)17-3-10-30(32,33)31(34,35)36/h5-6,19-20,24-25,27H,2-4,7-18H2,1H3/t20-,24-,25+,27-,29+,43?/m1/s1. The summed E-state index contributed by atoms with van der Waals surface area (Å²) in [5.41, 5.74) is 1.97. The van der Waals surface area contributed by atoms with E-state index in [1.54, 1.807) is 4.90 Å². The third kappa shape index (κ3) is 6.79. The molecule has 6 atom stereocenters.